The normalized spacial score (nSPS) is 17.6. The molecule has 0 bridgehead atoms. The summed E-state index contributed by atoms with van der Waals surface area (Å²) in [6, 6.07) is 12.2. The van der Waals surface area contributed by atoms with Crippen molar-refractivity contribution in [2.45, 2.75) is 38.3 Å². The Morgan fingerprint density at radius 2 is 1.94 bits per heavy atom. The summed E-state index contributed by atoms with van der Waals surface area (Å²) in [7, 11) is 0. The largest absolute Gasteiger partial charge is 0.506 e. The van der Waals surface area contributed by atoms with E-state index in [-0.39, 0.29) is 42.0 Å². The monoisotopic (exact) mass is 477 g/mol. The molecule has 0 spiro atoms. The fourth-order valence-corrected chi connectivity index (χ4v) is 5.78. The molecule has 176 valence electrons. The zero-order chi connectivity index (χ0) is 23.7. The number of carbonyl (C=O) groups is 3. The third-order valence-electron chi connectivity index (χ3n) is 6.75. The molecule has 1 atom stereocenters. The summed E-state index contributed by atoms with van der Waals surface area (Å²) in [4.78, 5) is 43.4. The van der Waals surface area contributed by atoms with Crippen molar-refractivity contribution >= 4 is 39.8 Å². The van der Waals surface area contributed by atoms with Crippen LogP contribution in [-0.4, -0.2) is 58.3 Å². The molecule has 3 aromatic rings. The summed E-state index contributed by atoms with van der Waals surface area (Å²) in [5.41, 5.74) is 1.41. The number of aromatic hydroxyl groups is 1. The lowest BCUT2D eigenvalue weighted by atomic mass is 10.0. The Kier molecular flexibility index (Phi) is 6.24. The number of nitrogens with one attached hydrogen (secondary N) is 1. The number of amides is 3. The molecule has 34 heavy (non-hydrogen) atoms. The van der Waals surface area contributed by atoms with Gasteiger partial charge in [0.05, 0.1) is 5.56 Å². The van der Waals surface area contributed by atoms with Crippen molar-refractivity contribution in [2.75, 3.05) is 19.6 Å². The zero-order valence-corrected chi connectivity index (χ0v) is 19.6. The van der Waals surface area contributed by atoms with Crippen LogP contribution in [0.15, 0.2) is 47.8 Å². The Labute approximate surface area is 202 Å². The van der Waals surface area contributed by atoms with E-state index in [9.17, 15) is 19.5 Å². The summed E-state index contributed by atoms with van der Waals surface area (Å²) >= 11 is 1.73. The van der Waals surface area contributed by atoms with E-state index in [0.29, 0.717) is 37.9 Å². The predicted molar refractivity (Wildman–Crippen MR) is 131 cm³/mol. The Morgan fingerprint density at radius 1 is 1.09 bits per heavy atom. The Morgan fingerprint density at radius 3 is 2.82 bits per heavy atom. The number of hydrogen-bond acceptors (Lipinski definition) is 5. The van der Waals surface area contributed by atoms with Crippen LogP contribution in [0.4, 0.5) is 0 Å². The highest BCUT2D eigenvalue weighted by atomic mass is 32.1. The molecule has 0 radical (unpaired) electrons. The van der Waals surface area contributed by atoms with Gasteiger partial charge < -0.3 is 20.2 Å². The van der Waals surface area contributed by atoms with Gasteiger partial charge in [0.1, 0.15) is 11.8 Å². The van der Waals surface area contributed by atoms with Gasteiger partial charge in [-0.1, -0.05) is 30.3 Å². The van der Waals surface area contributed by atoms with Crippen LogP contribution in [0.3, 0.4) is 0 Å². The molecule has 5 rings (SSSR count). The van der Waals surface area contributed by atoms with Gasteiger partial charge in [-0.15, -0.1) is 11.3 Å². The van der Waals surface area contributed by atoms with Gasteiger partial charge in [-0.05, 0) is 47.7 Å². The van der Waals surface area contributed by atoms with Crippen LogP contribution in [0.2, 0.25) is 0 Å². The van der Waals surface area contributed by atoms with Gasteiger partial charge >= 0.3 is 0 Å². The average Bonchev–Trinajstić information content (AvgIpc) is 3.53. The standard InChI is InChI=1S/C26H27N3O4S/c30-23(28-14-10-22-18(16-28)11-15-34-22)9-12-27-25(32)21-6-3-13-29(21)26(33)20-8-7-17-4-1-2-5-19(17)24(20)31/h1-2,4-5,7-8,11,15,21,31H,3,6,9-10,12-14,16H2,(H,27,32). The van der Waals surface area contributed by atoms with Crippen molar-refractivity contribution in [3.8, 4) is 5.75 Å². The quantitative estimate of drug-likeness (QED) is 0.590. The summed E-state index contributed by atoms with van der Waals surface area (Å²) < 4.78 is 0. The van der Waals surface area contributed by atoms with Gasteiger partial charge in [0.25, 0.3) is 5.91 Å². The van der Waals surface area contributed by atoms with E-state index in [1.807, 2.05) is 23.1 Å². The highest BCUT2D eigenvalue weighted by molar-refractivity contribution is 7.10. The van der Waals surface area contributed by atoms with Crippen molar-refractivity contribution in [1.82, 2.24) is 15.1 Å². The number of phenols is 1. The van der Waals surface area contributed by atoms with Gasteiger partial charge in [-0.2, -0.15) is 0 Å². The molecule has 8 heteroatoms. The van der Waals surface area contributed by atoms with E-state index in [0.717, 1.165) is 11.8 Å². The first kappa shape index (κ1) is 22.4. The van der Waals surface area contributed by atoms with Crippen LogP contribution in [0.5, 0.6) is 5.75 Å². The van der Waals surface area contributed by atoms with Gasteiger partial charge in [0, 0.05) is 42.9 Å². The van der Waals surface area contributed by atoms with Crippen molar-refractivity contribution in [3.05, 3.63) is 63.8 Å². The lowest BCUT2D eigenvalue weighted by molar-refractivity contribution is -0.132. The van der Waals surface area contributed by atoms with Gasteiger partial charge in [-0.3, -0.25) is 14.4 Å². The molecule has 2 aliphatic rings. The number of hydrogen-bond donors (Lipinski definition) is 2. The van der Waals surface area contributed by atoms with Crippen LogP contribution in [0, 0.1) is 0 Å². The van der Waals surface area contributed by atoms with E-state index in [2.05, 4.69) is 16.8 Å². The number of phenolic OH excluding ortho intramolecular Hbond substituents is 1. The molecule has 1 aromatic heterocycles. The maximum atomic E-state index is 13.2. The van der Waals surface area contributed by atoms with E-state index < -0.39 is 6.04 Å². The van der Waals surface area contributed by atoms with E-state index in [1.54, 1.807) is 29.5 Å². The Hall–Kier alpha value is -3.39. The Bertz CT molecular complexity index is 1250. The number of benzene rings is 2. The van der Waals surface area contributed by atoms with Crippen molar-refractivity contribution in [2.24, 2.45) is 0 Å². The number of fused-ring (bicyclic) bond motifs is 2. The molecule has 0 aliphatic carbocycles. The summed E-state index contributed by atoms with van der Waals surface area (Å²) in [5, 5.41) is 17.1. The van der Waals surface area contributed by atoms with E-state index >= 15 is 0 Å². The molecule has 2 N–H and O–H groups in total. The first-order valence-electron chi connectivity index (χ1n) is 11.7. The maximum Gasteiger partial charge on any atom is 0.258 e. The van der Waals surface area contributed by atoms with Crippen LogP contribution >= 0.6 is 11.3 Å². The number of carbonyl (C=O) groups excluding carboxylic acids is 3. The highest BCUT2D eigenvalue weighted by Gasteiger charge is 2.35. The van der Waals surface area contributed by atoms with Crippen molar-refractivity contribution in [3.63, 3.8) is 0 Å². The van der Waals surface area contributed by atoms with E-state index in [1.165, 1.54) is 15.3 Å². The van der Waals surface area contributed by atoms with E-state index in [4.69, 9.17) is 0 Å². The zero-order valence-electron chi connectivity index (χ0n) is 18.8. The topological polar surface area (TPSA) is 90.0 Å². The molecular weight excluding hydrogens is 450 g/mol. The minimum Gasteiger partial charge on any atom is -0.506 e. The molecule has 2 aromatic carbocycles. The second kappa shape index (κ2) is 9.46. The molecule has 3 heterocycles. The number of nitrogens with zero attached hydrogens (tertiary/aromatic N) is 2. The van der Waals surface area contributed by atoms with Gasteiger partial charge in [0.2, 0.25) is 11.8 Å². The van der Waals surface area contributed by atoms with Crippen LogP contribution < -0.4 is 5.32 Å². The molecule has 1 fully saturated rings. The maximum absolute atomic E-state index is 13.2. The second-order valence-corrected chi connectivity index (χ2v) is 9.82. The highest BCUT2D eigenvalue weighted by Crippen LogP contribution is 2.31. The molecule has 1 unspecified atom stereocenters. The lowest BCUT2D eigenvalue weighted by Gasteiger charge is -2.27. The summed E-state index contributed by atoms with van der Waals surface area (Å²) in [6.07, 6.45) is 2.39. The summed E-state index contributed by atoms with van der Waals surface area (Å²) in [5.74, 6) is -0.637. The molecule has 2 aliphatic heterocycles. The minimum atomic E-state index is -0.600. The SMILES string of the molecule is O=C(NCCC(=O)N1CCc2sccc2C1)C1CCCN1C(=O)c1ccc2ccccc2c1O. The molecule has 0 saturated carbocycles. The van der Waals surface area contributed by atoms with Crippen LogP contribution in [0.25, 0.3) is 10.8 Å². The molecular formula is C26H27N3O4S. The van der Waals surface area contributed by atoms with Gasteiger partial charge in [0.15, 0.2) is 0 Å². The Balaban J connectivity index is 1.19. The fraction of sp³-hybridized carbons (Fsp3) is 0.346. The number of likely N-dealkylation sites (tertiary alicyclic amines) is 1. The molecule has 3 amide bonds. The second-order valence-electron chi connectivity index (χ2n) is 8.81. The lowest BCUT2D eigenvalue weighted by Crippen LogP contribution is -2.46. The van der Waals surface area contributed by atoms with Crippen LogP contribution in [-0.2, 0) is 22.6 Å². The summed E-state index contributed by atoms with van der Waals surface area (Å²) in [6.45, 7) is 2.04. The average molecular weight is 478 g/mol. The van der Waals surface area contributed by atoms with Crippen molar-refractivity contribution < 1.29 is 19.5 Å². The fourth-order valence-electron chi connectivity index (χ4n) is 4.89. The first-order chi connectivity index (χ1) is 16.5. The number of thiophene rings is 1. The van der Waals surface area contributed by atoms with Gasteiger partial charge in [-0.25, -0.2) is 0 Å². The molecule has 1 saturated heterocycles. The predicted octanol–water partition coefficient (Wildman–Crippen LogP) is 3.30. The molecule has 7 nitrogen and oxygen atoms in total. The first-order valence-corrected chi connectivity index (χ1v) is 12.5. The minimum absolute atomic E-state index is 0.0255. The smallest absolute Gasteiger partial charge is 0.258 e. The third kappa shape index (κ3) is 4.25. The third-order valence-corrected chi connectivity index (χ3v) is 7.77. The van der Waals surface area contributed by atoms with Crippen LogP contribution in [0.1, 0.15) is 40.1 Å². The van der Waals surface area contributed by atoms with Crippen molar-refractivity contribution in [1.29, 1.82) is 0 Å². The number of rotatable bonds is 5.